The lowest BCUT2D eigenvalue weighted by Gasteiger charge is -2.16. The first-order valence-electron chi connectivity index (χ1n) is 6.38. The number of rotatable bonds is 2. The van der Waals surface area contributed by atoms with E-state index in [9.17, 15) is 0 Å². The molecule has 0 aliphatic heterocycles. The van der Waals surface area contributed by atoms with Gasteiger partial charge < -0.3 is 4.57 Å². The molecule has 0 radical (unpaired) electrons. The van der Waals surface area contributed by atoms with Crippen molar-refractivity contribution >= 4 is 10.9 Å². The molecule has 1 heteroatoms. The molecule has 0 amide bonds. The third kappa shape index (κ3) is 1.82. The van der Waals surface area contributed by atoms with Crippen LogP contribution in [0.1, 0.15) is 24.1 Å². The summed E-state index contributed by atoms with van der Waals surface area (Å²) in [5.74, 6) is 0. The Morgan fingerprint density at radius 3 is 2.50 bits per heavy atom. The molecule has 1 heterocycles. The summed E-state index contributed by atoms with van der Waals surface area (Å²) >= 11 is 0. The first-order valence-corrected chi connectivity index (χ1v) is 6.38. The quantitative estimate of drug-likeness (QED) is 0.613. The van der Waals surface area contributed by atoms with Crippen LogP contribution in [0.2, 0.25) is 0 Å². The fourth-order valence-corrected chi connectivity index (χ4v) is 2.49. The summed E-state index contributed by atoms with van der Waals surface area (Å²) in [5, 5.41) is 1.31. The molecule has 0 bridgehead atoms. The highest BCUT2D eigenvalue weighted by molar-refractivity contribution is 5.81. The van der Waals surface area contributed by atoms with E-state index in [1.165, 1.54) is 22.0 Å². The summed E-state index contributed by atoms with van der Waals surface area (Å²) in [5.41, 5.74) is 3.96. The smallest absolute Gasteiger partial charge is 0.0557 e. The first kappa shape index (κ1) is 11.1. The summed E-state index contributed by atoms with van der Waals surface area (Å²) in [6.45, 7) is 4.39. The third-order valence-electron chi connectivity index (χ3n) is 3.58. The van der Waals surface area contributed by atoms with E-state index in [0.29, 0.717) is 6.04 Å². The van der Waals surface area contributed by atoms with Crippen molar-refractivity contribution in [1.29, 1.82) is 0 Å². The fraction of sp³-hybridized carbons (Fsp3) is 0.176. The Morgan fingerprint density at radius 1 is 0.944 bits per heavy atom. The number of aromatic nitrogens is 1. The van der Waals surface area contributed by atoms with Crippen LogP contribution in [-0.2, 0) is 0 Å². The Morgan fingerprint density at radius 2 is 1.72 bits per heavy atom. The number of aryl methyl sites for hydroxylation is 1. The van der Waals surface area contributed by atoms with Gasteiger partial charge in [-0.2, -0.15) is 0 Å². The van der Waals surface area contributed by atoms with Crippen molar-refractivity contribution in [1.82, 2.24) is 4.57 Å². The van der Waals surface area contributed by atoms with Crippen LogP contribution in [0.3, 0.4) is 0 Å². The van der Waals surface area contributed by atoms with Gasteiger partial charge in [0, 0.05) is 11.7 Å². The zero-order valence-electron chi connectivity index (χ0n) is 10.8. The molecule has 0 saturated carbocycles. The lowest BCUT2D eigenvalue weighted by atomic mass is 10.1. The number of benzene rings is 2. The maximum Gasteiger partial charge on any atom is 0.0557 e. The molecular formula is C17H17N. The topological polar surface area (TPSA) is 4.93 Å². The van der Waals surface area contributed by atoms with E-state index in [-0.39, 0.29) is 0 Å². The van der Waals surface area contributed by atoms with Crippen LogP contribution >= 0.6 is 0 Å². The van der Waals surface area contributed by atoms with Crippen LogP contribution in [0, 0.1) is 6.92 Å². The van der Waals surface area contributed by atoms with Gasteiger partial charge in [0.2, 0.25) is 0 Å². The molecule has 3 aromatic rings. The van der Waals surface area contributed by atoms with Gasteiger partial charge in [-0.25, -0.2) is 0 Å². The SMILES string of the molecule is Cc1ccc2ccn(C(C)c3ccccc3)c2c1. The van der Waals surface area contributed by atoms with Crippen molar-refractivity contribution in [3.63, 3.8) is 0 Å². The molecular weight excluding hydrogens is 218 g/mol. The fourth-order valence-electron chi connectivity index (χ4n) is 2.49. The Kier molecular flexibility index (Phi) is 2.67. The van der Waals surface area contributed by atoms with E-state index in [1.807, 2.05) is 0 Å². The van der Waals surface area contributed by atoms with Gasteiger partial charge in [0.1, 0.15) is 0 Å². The Labute approximate surface area is 108 Å². The van der Waals surface area contributed by atoms with Crippen LogP contribution < -0.4 is 0 Å². The van der Waals surface area contributed by atoms with E-state index < -0.39 is 0 Å². The van der Waals surface area contributed by atoms with Crippen LogP contribution in [-0.4, -0.2) is 4.57 Å². The first-order chi connectivity index (χ1) is 8.75. The molecule has 0 spiro atoms. The molecule has 90 valence electrons. The van der Waals surface area contributed by atoms with Gasteiger partial charge in [-0.3, -0.25) is 0 Å². The molecule has 0 aliphatic rings. The molecule has 0 fully saturated rings. The Hall–Kier alpha value is -2.02. The molecule has 1 aromatic heterocycles. The van der Waals surface area contributed by atoms with Crippen molar-refractivity contribution in [2.45, 2.75) is 19.9 Å². The molecule has 2 aromatic carbocycles. The maximum atomic E-state index is 2.34. The molecule has 0 aliphatic carbocycles. The second-order valence-electron chi connectivity index (χ2n) is 4.87. The lowest BCUT2D eigenvalue weighted by molar-refractivity contribution is 0.664. The van der Waals surface area contributed by atoms with E-state index >= 15 is 0 Å². The van der Waals surface area contributed by atoms with Crippen molar-refractivity contribution in [2.75, 3.05) is 0 Å². The lowest BCUT2D eigenvalue weighted by Crippen LogP contribution is -2.04. The van der Waals surface area contributed by atoms with Gasteiger partial charge in [-0.05, 0) is 42.5 Å². The van der Waals surface area contributed by atoms with Crippen LogP contribution in [0.5, 0.6) is 0 Å². The standard InChI is InChI=1S/C17H17N/c1-13-8-9-16-10-11-18(17(16)12-13)14(2)15-6-4-3-5-7-15/h3-12,14H,1-2H3. The van der Waals surface area contributed by atoms with Gasteiger partial charge in [0.25, 0.3) is 0 Å². The van der Waals surface area contributed by atoms with E-state index in [1.54, 1.807) is 0 Å². The predicted octanol–water partition coefficient (Wildman–Crippen LogP) is 4.56. The monoisotopic (exact) mass is 235 g/mol. The normalized spacial score (nSPS) is 12.8. The van der Waals surface area contributed by atoms with Gasteiger partial charge in [-0.15, -0.1) is 0 Å². The Balaban J connectivity index is 2.12. The second-order valence-corrected chi connectivity index (χ2v) is 4.87. The maximum absolute atomic E-state index is 2.34. The minimum Gasteiger partial charge on any atom is -0.340 e. The minimum atomic E-state index is 0.366. The van der Waals surface area contributed by atoms with Crippen LogP contribution in [0.25, 0.3) is 10.9 Å². The predicted molar refractivity (Wildman–Crippen MR) is 76.9 cm³/mol. The molecule has 3 rings (SSSR count). The molecule has 0 N–H and O–H groups in total. The van der Waals surface area contributed by atoms with E-state index in [0.717, 1.165) is 0 Å². The second kappa shape index (κ2) is 4.34. The molecule has 18 heavy (non-hydrogen) atoms. The van der Waals surface area contributed by atoms with Crippen LogP contribution in [0.15, 0.2) is 60.8 Å². The highest BCUT2D eigenvalue weighted by atomic mass is 15.0. The van der Waals surface area contributed by atoms with Crippen LogP contribution in [0.4, 0.5) is 0 Å². The minimum absolute atomic E-state index is 0.366. The van der Waals surface area contributed by atoms with Gasteiger partial charge in [0.15, 0.2) is 0 Å². The number of hydrogen-bond donors (Lipinski definition) is 0. The molecule has 1 atom stereocenters. The average Bonchev–Trinajstić information content (AvgIpc) is 2.82. The zero-order valence-corrected chi connectivity index (χ0v) is 10.8. The van der Waals surface area contributed by atoms with E-state index in [2.05, 4.69) is 79.2 Å². The highest BCUT2D eigenvalue weighted by Gasteiger charge is 2.09. The van der Waals surface area contributed by atoms with Crippen molar-refractivity contribution in [3.8, 4) is 0 Å². The van der Waals surface area contributed by atoms with Gasteiger partial charge >= 0.3 is 0 Å². The molecule has 1 unspecified atom stereocenters. The van der Waals surface area contributed by atoms with Crippen molar-refractivity contribution in [3.05, 3.63) is 71.9 Å². The summed E-state index contributed by atoms with van der Waals surface area (Å²) in [4.78, 5) is 0. The van der Waals surface area contributed by atoms with E-state index in [4.69, 9.17) is 0 Å². The summed E-state index contributed by atoms with van der Waals surface area (Å²) in [6.07, 6.45) is 2.18. The van der Waals surface area contributed by atoms with Gasteiger partial charge in [0.05, 0.1) is 6.04 Å². The molecule has 0 saturated heterocycles. The number of hydrogen-bond acceptors (Lipinski definition) is 0. The van der Waals surface area contributed by atoms with Crippen molar-refractivity contribution < 1.29 is 0 Å². The summed E-state index contributed by atoms with van der Waals surface area (Å²) in [6, 6.07) is 19.8. The number of nitrogens with zero attached hydrogens (tertiary/aromatic N) is 1. The highest BCUT2D eigenvalue weighted by Crippen LogP contribution is 2.25. The average molecular weight is 235 g/mol. The zero-order chi connectivity index (χ0) is 12.5. The molecule has 1 nitrogen and oxygen atoms in total. The largest absolute Gasteiger partial charge is 0.340 e. The third-order valence-corrected chi connectivity index (χ3v) is 3.58. The summed E-state index contributed by atoms with van der Waals surface area (Å²) in [7, 11) is 0. The van der Waals surface area contributed by atoms with Gasteiger partial charge in [-0.1, -0.05) is 42.5 Å². The number of fused-ring (bicyclic) bond motifs is 1. The Bertz CT molecular complexity index is 664. The van der Waals surface area contributed by atoms with Crippen molar-refractivity contribution in [2.24, 2.45) is 0 Å². The summed E-state index contributed by atoms with van der Waals surface area (Å²) < 4.78 is 2.34.